The number of hydrazone groups is 1. The number of unbranched alkanes of at least 4 members (excludes halogenated alkanes) is 2. The molecule has 0 unspecified atom stereocenters. The van der Waals surface area contributed by atoms with Crippen LogP contribution < -0.4 is 14.9 Å². The first-order valence-corrected chi connectivity index (χ1v) is 13.4. The third-order valence-corrected chi connectivity index (χ3v) is 6.90. The van der Waals surface area contributed by atoms with Crippen molar-refractivity contribution in [1.29, 1.82) is 0 Å². The topological polar surface area (TPSA) is 72.8 Å². The molecule has 0 saturated carbocycles. The van der Waals surface area contributed by atoms with Gasteiger partial charge < -0.3 is 9.47 Å². The molecule has 0 aliphatic carbocycles. The molecule has 0 bridgehead atoms. The van der Waals surface area contributed by atoms with E-state index in [0.29, 0.717) is 24.0 Å². The molecule has 3 rings (SSSR count). The maximum atomic E-state index is 12.2. The van der Waals surface area contributed by atoms with Gasteiger partial charge in [-0.3, -0.25) is 4.79 Å². The fourth-order valence-electron chi connectivity index (χ4n) is 2.94. The van der Waals surface area contributed by atoms with Crippen LogP contribution in [-0.2, 0) is 4.79 Å². The molecule has 180 valence electrons. The number of nitrogens with one attached hydrogen (secondary N) is 1. The van der Waals surface area contributed by atoms with Gasteiger partial charge in [-0.15, -0.1) is 11.3 Å². The smallest absolute Gasteiger partial charge is 0.250 e. The number of amides is 1. The molecule has 1 heterocycles. The van der Waals surface area contributed by atoms with Gasteiger partial charge in [0, 0.05) is 16.0 Å². The maximum Gasteiger partial charge on any atom is 0.250 e. The van der Waals surface area contributed by atoms with Crippen molar-refractivity contribution in [3.63, 3.8) is 0 Å². The highest BCUT2D eigenvalue weighted by molar-refractivity contribution is 8.01. The van der Waals surface area contributed by atoms with Crippen molar-refractivity contribution in [1.82, 2.24) is 10.4 Å². The van der Waals surface area contributed by atoms with Crippen LogP contribution in [0.15, 0.2) is 57.3 Å². The fraction of sp³-hybridized carbons (Fsp3) is 0.320. The van der Waals surface area contributed by atoms with E-state index >= 15 is 0 Å². The number of halogens is 1. The third kappa shape index (κ3) is 8.34. The van der Waals surface area contributed by atoms with E-state index in [1.165, 1.54) is 23.1 Å². The molecule has 0 aliphatic heterocycles. The van der Waals surface area contributed by atoms with Crippen molar-refractivity contribution in [2.75, 3.05) is 19.0 Å². The van der Waals surface area contributed by atoms with Crippen LogP contribution in [0.3, 0.4) is 0 Å². The van der Waals surface area contributed by atoms with E-state index in [-0.39, 0.29) is 11.7 Å². The first-order chi connectivity index (χ1) is 16.6. The van der Waals surface area contributed by atoms with Crippen molar-refractivity contribution in [2.24, 2.45) is 5.10 Å². The summed E-state index contributed by atoms with van der Waals surface area (Å²) in [6.45, 7) is 5.29. The van der Waals surface area contributed by atoms with E-state index in [0.717, 1.165) is 46.2 Å². The number of nitrogens with zero attached hydrogens (tertiary/aromatic N) is 2. The molecule has 2 aromatic carbocycles. The summed E-state index contributed by atoms with van der Waals surface area (Å²) >= 11 is 8.81. The number of hydrogen-bond acceptors (Lipinski definition) is 7. The van der Waals surface area contributed by atoms with Crippen molar-refractivity contribution in [3.05, 3.63) is 58.4 Å². The lowest BCUT2D eigenvalue weighted by atomic mass is 10.2. The number of benzene rings is 2. The lowest BCUT2D eigenvalue weighted by Gasteiger charge is -2.12. The molecule has 0 radical (unpaired) electrons. The first-order valence-electron chi connectivity index (χ1n) is 11.1. The Kier molecular flexibility index (Phi) is 10.7. The number of aromatic nitrogens is 1. The van der Waals surface area contributed by atoms with Crippen molar-refractivity contribution in [3.8, 4) is 22.8 Å². The normalized spacial score (nSPS) is 11.0. The summed E-state index contributed by atoms with van der Waals surface area (Å²) in [4.78, 5) is 16.8. The van der Waals surface area contributed by atoms with E-state index in [2.05, 4.69) is 22.4 Å². The molecule has 1 N–H and O–H groups in total. The molecule has 9 heteroatoms. The van der Waals surface area contributed by atoms with Crippen molar-refractivity contribution < 1.29 is 14.3 Å². The highest BCUT2D eigenvalue weighted by Crippen LogP contribution is 2.29. The summed E-state index contributed by atoms with van der Waals surface area (Å²) in [6.07, 6.45) is 4.89. The zero-order valence-corrected chi connectivity index (χ0v) is 21.6. The van der Waals surface area contributed by atoms with Crippen LogP contribution in [-0.4, -0.2) is 36.1 Å². The largest absolute Gasteiger partial charge is 0.490 e. The monoisotopic (exact) mass is 517 g/mol. The molecule has 0 atom stereocenters. The van der Waals surface area contributed by atoms with Crippen molar-refractivity contribution >= 4 is 46.8 Å². The Morgan fingerprint density at radius 3 is 2.74 bits per heavy atom. The molecule has 1 aromatic heterocycles. The molecule has 3 aromatic rings. The number of carbonyl (C=O) groups excluding carboxylic acids is 1. The summed E-state index contributed by atoms with van der Waals surface area (Å²) in [5.74, 6) is 1.41. The molecule has 34 heavy (non-hydrogen) atoms. The molecule has 0 spiro atoms. The number of thiazole rings is 1. The SMILES string of the molecule is CCCCCOc1ccc(/C=N/NC(=O)CSc2nc(-c3ccc(Cl)cc3)cs2)cc1OCC. The average molecular weight is 518 g/mol. The van der Waals surface area contributed by atoms with Gasteiger partial charge in [-0.25, -0.2) is 10.4 Å². The van der Waals surface area contributed by atoms with Crippen LogP contribution >= 0.6 is 34.7 Å². The molecule has 6 nitrogen and oxygen atoms in total. The van der Waals surface area contributed by atoms with Gasteiger partial charge in [0.15, 0.2) is 15.8 Å². The maximum absolute atomic E-state index is 12.2. The highest BCUT2D eigenvalue weighted by Gasteiger charge is 2.09. The zero-order valence-electron chi connectivity index (χ0n) is 19.3. The summed E-state index contributed by atoms with van der Waals surface area (Å²) in [6, 6.07) is 13.1. The Morgan fingerprint density at radius 2 is 1.97 bits per heavy atom. The number of hydrogen-bond donors (Lipinski definition) is 1. The lowest BCUT2D eigenvalue weighted by molar-refractivity contribution is -0.118. The van der Waals surface area contributed by atoms with Gasteiger partial charge in [-0.05, 0) is 49.2 Å². The van der Waals surface area contributed by atoms with Gasteiger partial charge >= 0.3 is 0 Å². The quantitative estimate of drug-likeness (QED) is 0.118. The molecule has 0 saturated heterocycles. The van der Waals surface area contributed by atoms with Crippen LogP contribution in [0, 0.1) is 0 Å². The Bertz CT molecular complexity index is 1090. The minimum Gasteiger partial charge on any atom is -0.490 e. The summed E-state index contributed by atoms with van der Waals surface area (Å²) in [5, 5.41) is 6.72. The van der Waals surface area contributed by atoms with E-state index in [9.17, 15) is 4.79 Å². The zero-order chi connectivity index (χ0) is 24.2. The van der Waals surface area contributed by atoms with Crippen LogP contribution in [0.1, 0.15) is 38.7 Å². The predicted molar refractivity (Wildman–Crippen MR) is 142 cm³/mol. The Balaban J connectivity index is 1.48. The van der Waals surface area contributed by atoms with Crippen LogP contribution in [0.2, 0.25) is 5.02 Å². The minimum absolute atomic E-state index is 0.203. The fourth-order valence-corrected chi connectivity index (χ4v) is 4.70. The van der Waals surface area contributed by atoms with Crippen molar-refractivity contribution in [2.45, 2.75) is 37.4 Å². The minimum atomic E-state index is -0.203. The number of thioether (sulfide) groups is 1. The molecule has 1 amide bonds. The first kappa shape index (κ1) is 26.1. The second-order valence-corrected chi connectivity index (χ2v) is 9.80. The third-order valence-electron chi connectivity index (χ3n) is 4.63. The van der Waals surface area contributed by atoms with Crippen LogP contribution in [0.25, 0.3) is 11.3 Å². The Hall–Kier alpha value is -2.55. The molecule has 0 aliphatic rings. The predicted octanol–water partition coefficient (Wildman–Crippen LogP) is 6.67. The van der Waals surface area contributed by atoms with Gasteiger partial charge in [-0.2, -0.15) is 5.10 Å². The number of carbonyl (C=O) groups is 1. The summed E-state index contributed by atoms with van der Waals surface area (Å²) in [5.41, 5.74) is 5.23. The average Bonchev–Trinajstić information content (AvgIpc) is 3.31. The summed E-state index contributed by atoms with van der Waals surface area (Å²) < 4.78 is 12.4. The van der Waals surface area contributed by atoms with E-state index in [1.54, 1.807) is 6.21 Å². The van der Waals surface area contributed by atoms with Gasteiger partial charge in [0.2, 0.25) is 0 Å². The van der Waals surface area contributed by atoms with Crippen LogP contribution in [0.5, 0.6) is 11.5 Å². The Labute approximate surface area is 213 Å². The lowest BCUT2D eigenvalue weighted by Crippen LogP contribution is -2.19. The standard InChI is InChI=1S/C25H28ClN3O3S2/c1-3-5-6-13-32-22-12-7-18(14-23(22)31-4-2)15-27-29-24(30)17-34-25-28-21(16-33-25)19-8-10-20(26)11-9-19/h7-12,14-16H,3-6,13,17H2,1-2H3,(H,29,30)/b27-15+. The van der Waals surface area contributed by atoms with E-state index in [4.69, 9.17) is 21.1 Å². The second-order valence-electron chi connectivity index (χ2n) is 7.28. The van der Waals surface area contributed by atoms with E-state index in [1.807, 2.05) is 54.8 Å². The summed E-state index contributed by atoms with van der Waals surface area (Å²) in [7, 11) is 0. The van der Waals surface area contributed by atoms with Gasteiger partial charge in [0.25, 0.3) is 5.91 Å². The van der Waals surface area contributed by atoms with Gasteiger partial charge in [-0.1, -0.05) is 55.3 Å². The molecular formula is C25H28ClN3O3S2. The van der Waals surface area contributed by atoms with Gasteiger partial charge in [0.05, 0.1) is 30.9 Å². The highest BCUT2D eigenvalue weighted by atomic mass is 35.5. The molecular weight excluding hydrogens is 490 g/mol. The number of ether oxygens (including phenoxy) is 2. The van der Waals surface area contributed by atoms with Crippen LogP contribution in [0.4, 0.5) is 0 Å². The Morgan fingerprint density at radius 1 is 1.15 bits per heavy atom. The van der Waals surface area contributed by atoms with E-state index < -0.39 is 0 Å². The molecule has 0 fully saturated rings. The number of rotatable bonds is 13. The van der Waals surface area contributed by atoms with Gasteiger partial charge in [0.1, 0.15) is 0 Å². The second kappa shape index (κ2) is 14.0.